The molecule has 1 nitrogen and oxygen atoms in total. The lowest BCUT2D eigenvalue weighted by atomic mass is 9.95. The Morgan fingerprint density at radius 1 is 0.722 bits per heavy atom. The first kappa shape index (κ1) is 25.0. The van der Waals surface area contributed by atoms with Gasteiger partial charge in [0, 0.05) is 16.7 Å². The number of hydrogen-bond donors (Lipinski definition) is 0. The molecule has 0 bridgehead atoms. The fourth-order valence-electron chi connectivity index (χ4n) is 3.77. The molecule has 0 amide bonds. The third-order valence-electron chi connectivity index (χ3n) is 5.65. The van der Waals surface area contributed by atoms with Crippen LogP contribution in [0.2, 0.25) is 0 Å². The zero-order valence-corrected chi connectivity index (χ0v) is 19.5. The Kier molecular flexibility index (Phi) is 7.12. The predicted octanol–water partition coefficient (Wildman–Crippen LogP) is 8.47. The van der Waals surface area contributed by atoms with Gasteiger partial charge < -0.3 is 4.74 Å². The number of benzene rings is 4. The van der Waals surface area contributed by atoms with E-state index in [1.807, 2.05) is 56.3 Å². The van der Waals surface area contributed by atoms with Crippen LogP contribution in [0.1, 0.15) is 29.2 Å². The molecule has 0 heterocycles. The third-order valence-corrected chi connectivity index (χ3v) is 5.65. The monoisotopic (exact) mass is 492 g/mol. The summed E-state index contributed by atoms with van der Waals surface area (Å²) in [5, 5.41) is 0. The molecule has 0 radical (unpaired) electrons. The van der Waals surface area contributed by atoms with Crippen LogP contribution in [-0.4, -0.2) is 6.36 Å². The molecule has 0 aliphatic heterocycles. The second kappa shape index (κ2) is 10.2. The first-order valence-electron chi connectivity index (χ1n) is 11.2. The van der Waals surface area contributed by atoms with Crippen LogP contribution < -0.4 is 4.74 Å². The van der Waals surface area contributed by atoms with E-state index in [9.17, 15) is 22.0 Å². The molecule has 0 spiro atoms. The number of halogens is 5. The van der Waals surface area contributed by atoms with E-state index < -0.39 is 23.7 Å². The van der Waals surface area contributed by atoms with Crippen molar-refractivity contribution in [2.75, 3.05) is 0 Å². The molecule has 4 aromatic carbocycles. The molecule has 4 aromatic rings. The number of hydrogen-bond acceptors (Lipinski definition) is 1. The Labute approximate surface area is 206 Å². The Bertz CT molecular complexity index is 1460. The highest BCUT2D eigenvalue weighted by atomic mass is 19.4. The van der Waals surface area contributed by atoms with Crippen LogP contribution in [0, 0.1) is 30.4 Å². The lowest BCUT2D eigenvalue weighted by Crippen LogP contribution is -2.17. The molecular formula is C30H21F5O. The van der Waals surface area contributed by atoms with Gasteiger partial charge >= 0.3 is 6.36 Å². The zero-order chi connectivity index (χ0) is 25.9. The molecule has 0 atom stereocenters. The molecule has 0 saturated carbocycles. The van der Waals surface area contributed by atoms with E-state index in [1.54, 1.807) is 6.07 Å². The van der Waals surface area contributed by atoms with Gasteiger partial charge in [-0.25, -0.2) is 8.78 Å². The first-order chi connectivity index (χ1) is 17.1. The van der Waals surface area contributed by atoms with Crippen molar-refractivity contribution in [2.45, 2.75) is 26.6 Å². The van der Waals surface area contributed by atoms with Gasteiger partial charge in [0.25, 0.3) is 0 Å². The average molecular weight is 492 g/mol. The van der Waals surface area contributed by atoms with Crippen LogP contribution >= 0.6 is 0 Å². The van der Waals surface area contributed by atoms with Crippen molar-refractivity contribution in [1.29, 1.82) is 0 Å². The summed E-state index contributed by atoms with van der Waals surface area (Å²) in [4.78, 5) is 0. The molecule has 36 heavy (non-hydrogen) atoms. The maximum atomic E-state index is 15.0. The van der Waals surface area contributed by atoms with Crippen LogP contribution in [0.3, 0.4) is 0 Å². The molecule has 4 rings (SSSR count). The Morgan fingerprint density at radius 2 is 1.36 bits per heavy atom. The highest BCUT2D eigenvalue weighted by molar-refractivity contribution is 5.72. The predicted molar refractivity (Wildman–Crippen MR) is 130 cm³/mol. The van der Waals surface area contributed by atoms with Gasteiger partial charge in [-0.2, -0.15) is 0 Å². The first-order valence-corrected chi connectivity index (χ1v) is 11.2. The van der Waals surface area contributed by atoms with Crippen molar-refractivity contribution in [3.05, 3.63) is 113 Å². The van der Waals surface area contributed by atoms with E-state index in [4.69, 9.17) is 0 Å². The molecular weight excluding hydrogens is 471 g/mol. The molecule has 0 unspecified atom stereocenters. The molecule has 0 aliphatic rings. The summed E-state index contributed by atoms with van der Waals surface area (Å²) in [6, 6.07) is 21.0. The molecule has 0 fully saturated rings. The van der Waals surface area contributed by atoms with Crippen molar-refractivity contribution in [3.8, 4) is 39.8 Å². The molecule has 0 aliphatic carbocycles. The van der Waals surface area contributed by atoms with Crippen LogP contribution in [0.4, 0.5) is 22.0 Å². The van der Waals surface area contributed by atoms with E-state index in [1.165, 1.54) is 18.2 Å². The van der Waals surface area contributed by atoms with Gasteiger partial charge in [0.15, 0.2) is 11.6 Å². The van der Waals surface area contributed by atoms with E-state index in [0.717, 1.165) is 46.4 Å². The maximum absolute atomic E-state index is 15.0. The minimum atomic E-state index is -5.02. The standard InChI is InChI=1S/C30H21F5O/c1-3-21-16-23(11-10-22(21)9-8-20-6-4-19(2)5-7-20)24-12-14-26(27(31)17-24)25-13-15-29(28(32)18-25)36-30(33,34)35/h4-7,10-18H,3H2,1-2H3. The minimum Gasteiger partial charge on any atom is -0.403 e. The molecule has 0 aromatic heterocycles. The van der Waals surface area contributed by atoms with Crippen LogP contribution in [0.15, 0.2) is 78.9 Å². The van der Waals surface area contributed by atoms with Crippen molar-refractivity contribution >= 4 is 0 Å². The largest absolute Gasteiger partial charge is 0.573 e. The van der Waals surface area contributed by atoms with Gasteiger partial charge in [-0.15, -0.1) is 13.2 Å². The summed E-state index contributed by atoms with van der Waals surface area (Å²) in [5.74, 6) is 3.54. The minimum absolute atomic E-state index is 0.0625. The lowest BCUT2D eigenvalue weighted by Gasteiger charge is -2.12. The van der Waals surface area contributed by atoms with Crippen molar-refractivity contribution in [3.63, 3.8) is 0 Å². The second-order valence-electron chi connectivity index (χ2n) is 8.23. The number of alkyl halides is 3. The van der Waals surface area contributed by atoms with Crippen LogP contribution in [-0.2, 0) is 6.42 Å². The summed E-state index contributed by atoms with van der Waals surface area (Å²) < 4.78 is 69.8. The third kappa shape index (κ3) is 5.92. The van der Waals surface area contributed by atoms with Crippen LogP contribution in [0.5, 0.6) is 5.75 Å². The lowest BCUT2D eigenvalue weighted by molar-refractivity contribution is -0.275. The quantitative estimate of drug-likeness (QED) is 0.205. The Hall–Kier alpha value is -4.11. The van der Waals surface area contributed by atoms with E-state index >= 15 is 0 Å². The van der Waals surface area contributed by atoms with E-state index in [-0.39, 0.29) is 11.1 Å². The van der Waals surface area contributed by atoms with Gasteiger partial charge in [0.2, 0.25) is 0 Å². The van der Waals surface area contributed by atoms with Gasteiger partial charge in [0.05, 0.1) is 0 Å². The smallest absolute Gasteiger partial charge is 0.403 e. The number of rotatable bonds is 4. The number of ether oxygens (including phenoxy) is 1. The molecule has 6 heteroatoms. The highest BCUT2D eigenvalue weighted by Crippen LogP contribution is 2.33. The van der Waals surface area contributed by atoms with Gasteiger partial charge in [-0.3, -0.25) is 0 Å². The summed E-state index contributed by atoms with van der Waals surface area (Å²) in [7, 11) is 0. The number of aryl methyl sites for hydroxylation is 2. The Morgan fingerprint density at radius 3 is 2.00 bits per heavy atom. The van der Waals surface area contributed by atoms with E-state index in [0.29, 0.717) is 5.56 Å². The fourth-order valence-corrected chi connectivity index (χ4v) is 3.77. The van der Waals surface area contributed by atoms with Gasteiger partial charge in [0.1, 0.15) is 5.82 Å². The summed E-state index contributed by atoms with van der Waals surface area (Å²) >= 11 is 0. The highest BCUT2D eigenvalue weighted by Gasteiger charge is 2.32. The topological polar surface area (TPSA) is 9.23 Å². The second-order valence-corrected chi connectivity index (χ2v) is 8.23. The Balaban J connectivity index is 1.60. The summed E-state index contributed by atoms with van der Waals surface area (Å²) in [6.45, 7) is 4.03. The maximum Gasteiger partial charge on any atom is 0.573 e. The van der Waals surface area contributed by atoms with Crippen molar-refractivity contribution in [1.82, 2.24) is 0 Å². The van der Waals surface area contributed by atoms with Gasteiger partial charge in [-0.1, -0.05) is 60.7 Å². The van der Waals surface area contributed by atoms with Crippen molar-refractivity contribution in [2.24, 2.45) is 0 Å². The summed E-state index contributed by atoms with van der Waals surface area (Å²) in [5.41, 5.74) is 5.54. The average Bonchev–Trinajstić information content (AvgIpc) is 2.84. The molecule has 182 valence electrons. The van der Waals surface area contributed by atoms with Gasteiger partial charge in [-0.05, 0) is 78.1 Å². The zero-order valence-electron chi connectivity index (χ0n) is 19.5. The normalized spacial score (nSPS) is 11.1. The van der Waals surface area contributed by atoms with Crippen LogP contribution in [0.25, 0.3) is 22.3 Å². The summed E-state index contributed by atoms with van der Waals surface area (Å²) in [6.07, 6.45) is -4.29. The molecule has 0 N–H and O–H groups in total. The SMILES string of the molecule is CCc1cc(-c2ccc(-c3ccc(OC(F)(F)F)c(F)c3)c(F)c2)ccc1C#Cc1ccc(C)cc1. The van der Waals surface area contributed by atoms with Crippen molar-refractivity contribution < 1.29 is 26.7 Å². The molecule has 0 saturated heterocycles. The fraction of sp³-hybridized carbons (Fsp3) is 0.133. The van der Waals surface area contributed by atoms with E-state index in [2.05, 4.69) is 16.6 Å².